The van der Waals surface area contributed by atoms with Gasteiger partial charge in [0.2, 0.25) is 0 Å². The topological polar surface area (TPSA) is 12.0 Å². The van der Waals surface area contributed by atoms with Gasteiger partial charge in [0.25, 0.3) is 0 Å². The summed E-state index contributed by atoms with van der Waals surface area (Å²) in [5.41, 5.74) is 0. The van der Waals surface area contributed by atoms with Gasteiger partial charge in [-0.2, -0.15) is 0 Å². The molecule has 0 bridgehead atoms. The zero-order chi connectivity index (χ0) is 11.1. The van der Waals surface area contributed by atoms with Crippen LogP contribution in [-0.2, 0) is 0 Å². The van der Waals surface area contributed by atoms with Gasteiger partial charge in [0.1, 0.15) is 0 Å². The molecule has 3 heteroatoms. The normalized spacial score (nSPS) is 18.8. The first-order valence-corrected chi connectivity index (χ1v) is 6.26. The van der Waals surface area contributed by atoms with Gasteiger partial charge in [-0.25, -0.2) is 0 Å². The van der Waals surface area contributed by atoms with E-state index in [4.69, 9.17) is 0 Å². The molecule has 0 aliphatic heterocycles. The molecule has 0 radical (unpaired) electrons. The van der Waals surface area contributed by atoms with Crippen LogP contribution in [-0.4, -0.2) is 23.6 Å². The fourth-order valence-corrected chi connectivity index (χ4v) is 2.43. The Morgan fingerprint density at radius 1 is 1.36 bits per heavy atom. The van der Waals surface area contributed by atoms with Gasteiger partial charge in [-0.1, -0.05) is 12.2 Å². The Kier molecular flexibility index (Phi) is 7.51. The summed E-state index contributed by atoms with van der Waals surface area (Å²) in [5.74, 6) is 0. The standard InChI is InChI=1S/C11H21NS2/c1-6-8(2)14-9(3)7-11(13)10(4)12-5/h6-10,12-13H,1H2,2-5H3/b11-7-/t8?,9-,10-/m0/s1. The Labute approximate surface area is 97.8 Å². The van der Waals surface area contributed by atoms with E-state index >= 15 is 0 Å². The lowest BCUT2D eigenvalue weighted by atomic mass is 10.3. The lowest BCUT2D eigenvalue weighted by molar-refractivity contribution is 0.718. The molecule has 0 aliphatic rings. The largest absolute Gasteiger partial charge is 0.313 e. The van der Waals surface area contributed by atoms with E-state index < -0.39 is 0 Å². The molecular weight excluding hydrogens is 210 g/mol. The Hall–Kier alpha value is 0.140. The lowest BCUT2D eigenvalue weighted by Gasteiger charge is -2.14. The summed E-state index contributed by atoms with van der Waals surface area (Å²) >= 11 is 6.34. The summed E-state index contributed by atoms with van der Waals surface area (Å²) in [4.78, 5) is 1.10. The predicted molar refractivity (Wildman–Crippen MR) is 72.3 cm³/mol. The minimum absolute atomic E-state index is 0.334. The van der Waals surface area contributed by atoms with Crippen LogP contribution in [0.15, 0.2) is 23.6 Å². The first-order valence-electron chi connectivity index (χ1n) is 4.87. The fourth-order valence-electron chi connectivity index (χ4n) is 0.966. The molecule has 82 valence electrons. The van der Waals surface area contributed by atoms with Crippen molar-refractivity contribution in [2.24, 2.45) is 0 Å². The maximum Gasteiger partial charge on any atom is 0.0343 e. The molecule has 3 atom stereocenters. The minimum atomic E-state index is 0.334. The van der Waals surface area contributed by atoms with Crippen molar-refractivity contribution in [2.45, 2.75) is 37.3 Å². The van der Waals surface area contributed by atoms with E-state index in [0.717, 1.165) is 4.91 Å². The van der Waals surface area contributed by atoms with Crippen molar-refractivity contribution in [3.8, 4) is 0 Å². The average Bonchev–Trinajstić information content (AvgIpc) is 2.15. The van der Waals surface area contributed by atoms with E-state index in [0.29, 0.717) is 16.5 Å². The predicted octanol–water partition coefficient (Wildman–Crippen LogP) is 3.10. The van der Waals surface area contributed by atoms with Crippen molar-refractivity contribution < 1.29 is 0 Å². The maximum absolute atomic E-state index is 4.46. The number of likely N-dealkylation sites (N-methyl/N-ethyl adjacent to an activating group) is 1. The van der Waals surface area contributed by atoms with Gasteiger partial charge in [-0.05, 0) is 32.7 Å². The summed E-state index contributed by atoms with van der Waals surface area (Å²) in [6, 6.07) is 0.334. The second-order valence-corrected chi connectivity index (χ2v) is 5.66. The van der Waals surface area contributed by atoms with E-state index in [1.807, 2.05) is 24.9 Å². The molecule has 0 aromatic rings. The number of hydrogen-bond donors (Lipinski definition) is 2. The van der Waals surface area contributed by atoms with E-state index in [2.05, 4.69) is 51.4 Å². The third-order valence-corrected chi connectivity index (χ3v) is 3.77. The first-order chi connectivity index (χ1) is 6.51. The van der Waals surface area contributed by atoms with E-state index in [-0.39, 0.29) is 0 Å². The van der Waals surface area contributed by atoms with Crippen LogP contribution in [0.3, 0.4) is 0 Å². The molecule has 0 saturated heterocycles. The molecular formula is C11H21NS2. The number of thioether (sulfide) groups is 1. The highest BCUT2D eigenvalue weighted by atomic mass is 32.2. The highest BCUT2D eigenvalue weighted by Crippen LogP contribution is 2.21. The van der Waals surface area contributed by atoms with Crippen LogP contribution in [0.4, 0.5) is 0 Å². The highest BCUT2D eigenvalue weighted by molar-refractivity contribution is 8.00. The summed E-state index contributed by atoms with van der Waals surface area (Å²) < 4.78 is 0. The molecule has 0 saturated carbocycles. The van der Waals surface area contributed by atoms with E-state index in [1.165, 1.54) is 0 Å². The Balaban J connectivity index is 4.13. The van der Waals surface area contributed by atoms with Crippen LogP contribution in [0, 0.1) is 0 Å². The number of nitrogens with one attached hydrogen (secondary N) is 1. The van der Waals surface area contributed by atoms with Crippen molar-refractivity contribution >= 4 is 24.4 Å². The van der Waals surface area contributed by atoms with E-state index in [9.17, 15) is 0 Å². The maximum atomic E-state index is 4.46. The second-order valence-electron chi connectivity index (χ2n) is 3.38. The smallest absolute Gasteiger partial charge is 0.0343 e. The van der Waals surface area contributed by atoms with Crippen molar-refractivity contribution in [1.82, 2.24) is 5.32 Å². The van der Waals surface area contributed by atoms with Crippen LogP contribution in [0.5, 0.6) is 0 Å². The Morgan fingerprint density at radius 2 is 1.93 bits per heavy atom. The molecule has 1 nitrogen and oxygen atoms in total. The molecule has 0 spiro atoms. The van der Waals surface area contributed by atoms with Gasteiger partial charge in [0.15, 0.2) is 0 Å². The van der Waals surface area contributed by atoms with Crippen molar-refractivity contribution in [2.75, 3.05) is 7.05 Å². The molecule has 1 unspecified atom stereocenters. The molecule has 0 heterocycles. The van der Waals surface area contributed by atoms with Gasteiger partial charge in [0.05, 0.1) is 0 Å². The number of thiol groups is 1. The molecule has 14 heavy (non-hydrogen) atoms. The van der Waals surface area contributed by atoms with Crippen LogP contribution in [0.1, 0.15) is 20.8 Å². The summed E-state index contributed by atoms with van der Waals surface area (Å²) in [6.07, 6.45) is 4.16. The van der Waals surface area contributed by atoms with Crippen molar-refractivity contribution in [3.05, 3.63) is 23.6 Å². The van der Waals surface area contributed by atoms with Crippen LogP contribution in [0.25, 0.3) is 0 Å². The SMILES string of the molecule is C=CC(C)S[C@@H](C)/C=C(\S)[C@H](C)NC. The van der Waals surface area contributed by atoms with Gasteiger partial charge in [0, 0.05) is 16.5 Å². The van der Waals surface area contributed by atoms with Gasteiger partial charge < -0.3 is 5.32 Å². The molecule has 0 fully saturated rings. The average molecular weight is 231 g/mol. The molecule has 0 aromatic carbocycles. The minimum Gasteiger partial charge on any atom is -0.313 e. The Bertz CT molecular complexity index is 201. The van der Waals surface area contributed by atoms with Gasteiger partial charge in [-0.3, -0.25) is 0 Å². The van der Waals surface area contributed by atoms with E-state index in [1.54, 1.807) is 0 Å². The molecule has 1 N–H and O–H groups in total. The zero-order valence-electron chi connectivity index (χ0n) is 9.45. The zero-order valence-corrected chi connectivity index (χ0v) is 11.2. The summed E-state index contributed by atoms with van der Waals surface area (Å²) in [5, 5.41) is 4.13. The lowest BCUT2D eigenvalue weighted by Crippen LogP contribution is -2.22. The second kappa shape index (κ2) is 7.43. The quantitative estimate of drug-likeness (QED) is 0.538. The summed E-state index contributed by atoms with van der Waals surface area (Å²) in [7, 11) is 1.94. The molecule has 0 aliphatic carbocycles. The Morgan fingerprint density at radius 3 is 2.36 bits per heavy atom. The van der Waals surface area contributed by atoms with Crippen molar-refractivity contribution in [1.29, 1.82) is 0 Å². The molecule has 0 amide bonds. The number of rotatable bonds is 6. The van der Waals surface area contributed by atoms with Crippen molar-refractivity contribution in [3.63, 3.8) is 0 Å². The number of hydrogen-bond acceptors (Lipinski definition) is 3. The third kappa shape index (κ3) is 5.78. The monoisotopic (exact) mass is 231 g/mol. The van der Waals surface area contributed by atoms with Crippen LogP contribution >= 0.6 is 24.4 Å². The van der Waals surface area contributed by atoms with Gasteiger partial charge in [-0.15, -0.1) is 31.0 Å². The molecule has 0 rings (SSSR count). The molecule has 0 aromatic heterocycles. The fraction of sp³-hybridized carbons (Fsp3) is 0.636. The van der Waals surface area contributed by atoms with Crippen LogP contribution < -0.4 is 5.32 Å². The summed E-state index contributed by atoms with van der Waals surface area (Å²) in [6.45, 7) is 10.2. The van der Waals surface area contributed by atoms with Crippen LogP contribution in [0.2, 0.25) is 0 Å². The third-order valence-electron chi connectivity index (χ3n) is 2.04. The highest BCUT2D eigenvalue weighted by Gasteiger charge is 2.07. The van der Waals surface area contributed by atoms with Gasteiger partial charge >= 0.3 is 0 Å². The first kappa shape index (κ1) is 14.1.